The lowest BCUT2D eigenvalue weighted by Gasteiger charge is -2.37. The van der Waals surface area contributed by atoms with E-state index in [9.17, 15) is 0 Å². The van der Waals surface area contributed by atoms with E-state index >= 15 is 0 Å². The third kappa shape index (κ3) is 2.98. The Bertz CT molecular complexity index is 155. The maximum absolute atomic E-state index is 3.52. The fraction of sp³-hybridized carbons (Fsp3) is 1.00. The lowest BCUT2D eigenvalue weighted by Crippen LogP contribution is -2.39. The van der Waals surface area contributed by atoms with Crippen molar-refractivity contribution in [3.05, 3.63) is 0 Å². The topological polar surface area (TPSA) is 12.0 Å². The first-order valence-corrected chi connectivity index (χ1v) is 6.36. The maximum atomic E-state index is 3.52. The molecule has 4 atom stereocenters. The van der Waals surface area contributed by atoms with Gasteiger partial charge in [0.15, 0.2) is 0 Å². The van der Waals surface area contributed by atoms with Gasteiger partial charge in [-0.25, -0.2) is 0 Å². The number of nitrogens with one attached hydrogen (secondary N) is 1. The van der Waals surface area contributed by atoms with Crippen molar-refractivity contribution in [1.29, 1.82) is 0 Å². The molecule has 0 aromatic carbocycles. The molecule has 0 amide bonds. The molecule has 0 radical (unpaired) electrons. The summed E-state index contributed by atoms with van der Waals surface area (Å²) in [6, 6.07) is 0.766. The molecule has 4 unspecified atom stereocenters. The van der Waals surface area contributed by atoms with Crippen LogP contribution in [-0.2, 0) is 0 Å². The summed E-state index contributed by atoms with van der Waals surface area (Å²) in [4.78, 5) is 0. The van der Waals surface area contributed by atoms with E-state index < -0.39 is 0 Å². The highest BCUT2D eigenvalue weighted by molar-refractivity contribution is 4.84. The smallest absolute Gasteiger partial charge is 0.00947 e. The van der Waals surface area contributed by atoms with Crippen molar-refractivity contribution in [3.8, 4) is 0 Å². The van der Waals surface area contributed by atoms with Crippen molar-refractivity contribution in [3.63, 3.8) is 0 Å². The fourth-order valence-electron chi connectivity index (χ4n) is 3.17. The molecule has 1 aliphatic carbocycles. The molecule has 0 aromatic rings. The van der Waals surface area contributed by atoms with Crippen molar-refractivity contribution >= 4 is 0 Å². The number of rotatable bonds is 4. The highest BCUT2D eigenvalue weighted by Crippen LogP contribution is 2.36. The molecule has 1 nitrogen and oxygen atoms in total. The number of hydrogen-bond acceptors (Lipinski definition) is 1. The molecule has 1 saturated carbocycles. The highest BCUT2D eigenvalue weighted by atomic mass is 14.9. The first kappa shape index (κ1) is 12.0. The van der Waals surface area contributed by atoms with Gasteiger partial charge in [0.05, 0.1) is 0 Å². The summed E-state index contributed by atoms with van der Waals surface area (Å²) in [5, 5.41) is 3.52. The second kappa shape index (κ2) is 5.75. The van der Waals surface area contributed by atoms with Crippen LogP contribution in [0.3, 0.4) is 0 Å². The van der Waals surface area contributed by atoms with Crippen LogP contribution in [0.15, 0.2) is 0 Å². The van der Waals surface area contributed by atoms with E-state index in [2.05, 4.69) is 33.1 Å². The SMILES string of the molecule is CCCC(NC)C1CCC(C)CC1C. The van der Waals surface area contributed by atoms with Crippen LogP contribution in [0.2, 0.25) is 0 Å². The molecule has 0 spiro atoms. The molecule has 1 aliphatic rings. The molecule has 0 aromatic heterocycles. The Labute approximate surface area is 89.7 Å². The average Bonchev–Trinajstić information content (AvgIpc) is 2.15. The van der Waals surface area contributed by atoms with Gasteiger partial charge in [-0.3, -0.25) is 0 Å². The zero-order valence-corrected chi connectivity index (χ0v) is 10.3. The molecule has 84 valence electrons. The summed E-state index contributed by atoms with van der Waals surface area (Å²) >= 11 is 0. The van der Waals surface area contributed by atoms with Gasteiger partial charge in [0.25, 0.3) is 0 Å². The molecular formula is C13H27N. The van der Waals surface area contributed by atoms with Crippen molar-refractivity contribution in [2.24, 2.45) is 17.8 Å². The second-order valence-electron chi connectivity index (χ2n) is 5.24. The van der Waals surface area contributed by atoms with Gasteiger partial charge in [0, 0.05) is 6.04 Å². The van der Waals surface area contributed by atoms with E-state index in [4.69, 9.17) is 0 Å². The van der Waals surface area contributed by atoms with E-state index in [1.807, 2.05) is 0 Å². The Balaban J connectivity index is 2.48. The Morgan fingerprint density at radius 3 is 2.50 bits per heavy atom. The van der Waals surface area contributed by atoms with Gasteiger partial charge >= 0.3 is 0 Å². The Morgan fingerprint density at radius 2 is 2.00 bits per heavy atom. The molecule has 0 heterocycles. The predicted octanol–water partition coefficient (Wildman–Crippen LogP) is 3.45. The largest absolute Gasteiger partial charge is 0.317 e. The van der Waals surface area contributed by atoms with E-state index in [-0.39, 0.29) is 0 Å². The van der Waals surface area contributed by atoms with E-state index in [0.29, 0.717) is 0 Å². The quantitative estimate of drug-likeness (QED) is 0.728. The fourth-order valence-corrected chi connectivity index (χ4v) is 3.17. The summed E-state index contributed by atoms with van der Waals surface area (Å²) in [7, 11) is 2.13. The van der Waals surface area contributed by atoms with Crippen molar-refractivity contribution in [2.75, 3.05) is 7.05 Å². The molecule has 1 N–H and O–H groups in total. The first-order valence-electron chi connectivity index (χ1n) is 6.36. The van der Waals surface area contributed by atoms with Crippen molar-refractivity contribution in [1.82, 2.24) is 5.32 Å². The minimum Gasteiger partial charge on any atom is -0.317 e. The molecule has 0 bridgehead atoms. The molecule has 0 saturated heterocycles. The molecular weight excluding hydrogens is 170 g/mol. The summed E-state index contributed by atoms with van der Waals surface area (Å²) in [6.45, 7) is 7.14. The minimum absolute atomic E-state index is 0.766. The van der Waals surface area contributed by atoms with E-state index in [0.717, 1.165) is 23.8 Å². The van der Waals surface area contributed by atoms with Crippen LogP contribution >= 0.6 is 0 Å². The van der Waals surface area contributed by atoms with Crippen LogP contribution in [0, 0.1) is 17.8 Å². The molecule has 1 rings (SSSR count). The van der Waals surface area contributed by atoms with Gasteiger partial charge in [0.2, 0.25) is 0 Å². The van der Waals surface area contributed by atoms with E-state index in [1.54, 1.807) is 0 Å². The summed E-state index contributed by atoms with van der Waals surface area (Å²) < 4.78 is 0. The second-order valence-corrected chi connectivity index (χ2v) is 5.24. The van der Waals surface area contributed by atoms with Crippen LogP contribution in [0.5, 0.6) is 0 Å². The average molecular weight is 197 g/mol. The minimum atomic E-state index is 0.766. The van der Waals surface area contributed by atoms with Gasteiger partial charge < -0.3 is 5.32 Å². The highest BCUT2D eigenvalue weighted by Gasteiger charge is 2.30. The lowest BCUT2D eigenvalue weighted by atomic mass is 9.71. The van der Waals surface area contributed by atoms with Gasteiger partial charge in [-0.15, -0.1) is 0 Å². The van der Waals surface area contributed by atoms with E-state index in [1.165, 1.54) is 32.1 Å². The molecule has 14 heavy (non-hydrogen) atoms. The summed E-state index contributed by atoms with van der Waals surface area (Å²) in [6.07, 6.45) is 6.97. The van der Waals surface area contributed by atoms with Crippen molar-refractivity contribution in [2.45, 2.75) is 58.9 Å². The molecule has 0 aliphatic heterocycles. The predicted molar refractivity (Wildman–Crippen MR) is 63.4 cm³/mol. The van der Waals surface area contributed by atoms with Crippen LogP contribution in [0.25, 0.3) is 0 Å². The standard InChI is InChI=1S/C13H27N/c1-5-6-13(14-4)12-8-7-10(2)9-11(12)3/h10-14H,5-9H2,1-4H3. The number of hydrogen-bond donors (Lipinski definition) is 1. The Morgan fingerprint density at radius 1 is 1.29 bits per heavy atom. The summed E-state index contributed by atoms with van der Waals surface area (Å²) in [5.41, 5.74) is 0. The molecule has 1 fully saturated rings. The normalized spacial score (nSPS) is 35.6. The van der Waals surface area contributed by atoms with Gasteiger partial charge in [-0.1, -0.05) is 33.6 Å². The van der Waals surface area contributed by atoms with Gasteiger partial charge in [0.1, 0.15) is 0 Å². The van der Waals surface area contributed by atoms with Crippen molar-refractivity contribution < 1.29 is 0 Å². The zero-order chi connectivity index (χ0) is 10.6. The third-order valence-electron chi connectivity index (χ3n) is 3.99. The van der Waals surface area contributed by atoms with Gasteiger partial charge in [-0.05, 0) is 44.1 Å². The van der Waals surface area contributed by atoms with Crippen LogP contribution < -0.4 is 5.32 Å². The zero-order valence-electron chi connectivity index (χ0n) is 10.3. The Hall–Kier alpha value is -0.0400. The Kier molecular flexibility index (Phi) is 4.94. The first-order chi connectivity index (χ1) is 6.69. The monoisotopic (exact) mass is 197 g/mol. The van der Waals surface area contributed by atoms with Gasteiger partial charge in [-0.2, -0.15) is 0 Å². The van der Waals surface area contributed by atoms with Crippen LogP contribution in [-0.4, -0.2) is 13.1 Å². The lowest BCUT2D eigenvalue weighted by molar-refractivity contribution is 0.157. The maximum Gasteiger partial charge on any atom is 0.00947 e. The molecule has 1 heteroatoms. The van der Waals surface area contributed by atoms with Crippen LogP contribution in [0.1, 0.15) is 52.9 Å². The third-order valence-corrected chi connectivity index (χ3v) is 3.99. The summed E-state index contributed by atoms with van der Waals surface area (Å²) in [5.74, 6) is 2.80. The van der Waals surface area contributed by atoms with Crippen LogP contribution in [0.4, 0.5) is 0 Å².